The van der Waals surface area contributed by atoms with Crippen LogP contribution in [0.25, 0.3) is 16.5 Å². The zero-order valence-electron chi connectivity index (χ0n) is 13.2. The topological polar surface area (TPSA) is 62.4 Å². The number of para-hydroxylation sites is 1. The van der Waals surface area contributed by atoms with Crippen molar-refractivity contribution in [3.8, 4) is 5.75 Å². The van der Waals surface area contributed by atoms with E-state index in [1.54, 1.807) is 43.6 Å². The lowest BCUT2D eigenvalue weighted by molar-refractivity contribution is -0.119. The Balaban J connectivity index is 1.86. The molecule has 0 fully saturated rings. The van der Waals surface area contributed by atoms with Crippen LogP contribution >= 0.6 is 11.6 Å². The number of H-pyrrole nitrogens is 1. The van der Waals surface area contributed by atoms with Crippen molar-refractivity contribution >= 4 is 45.6 Å². The molecule has 0 unspecified atom stereocenters. The maximum absolute atomic E-state index is 12.9. The fourth-order valence-electron chi connectivity index (χ4n) is 2.98. The number of hydrogen-bond acceptors (Lipinski definition) is 3. The number of benzene rings is 2. The second kappa shape index (κ2) is 5.79. The quantitative estimate of drug-likeness (QED) is 0.731. The number of methoxy groups -OCH3 is 1. The van der Waals surface area contributed by atoms with Gasteiger partial charge in [-0.3, -0.25) is 9.59 Å². The van der Waals surface area contributed by atoms with Gasteiger partial charge in [-0.25, -0.2) is 4.90 Å². The van der Waals surface area contributed by atoms with E-state index in [4.69, 9.17) is 16.3 Å². The number of amides is 2. The molecular weight excluding hydrogens is 340 g/mol. The zero-order chi connectivity index (χ0) is 17.6. The van der Waals surface area contributed by atoms with E-state index in [0.29, 0.717) is 17.0 Å². The monoisotopic (exact) mass is 352 g/mol. The Kier molecular flexibility index (Phi) is 3.58. The van der Waals surface area contributed by atoms with Gasteiger partial charge >= 0.3 is 0 Å². The minimum atomic E-state index is -0.523. The molecule has 5 nitrogen and oxygen atoms in total. The fourth-order valence-corrected chi connectivity index (χ4v) is 3.25. The molecule has 0 atom stereocenters. The smallest absolute Gasteiger partial charge is 0.277 e. The second-order valence-electron chi connectivity index (χ2n) is 5.58. The van der Waals surface area contributed by atoms with Crippen molar-refractivity contribution in [1.29, 1.82) is 0 Å². The van der Waals surface area contributed by atoms with E-state index in [1.165, 1.54) is 0 Å². The molecule has 2 aromatic carbocycles. The Morgan fingerprint density at radius 1 is 1.04 bits per heavy atom. The number of anilines is 1. The number of carbonyl (C=O) groups is 2. The molecule has 0 bridgehead atoms. The normalized spacial score (nSPS) is 14.7. The molecule has 1 aromatic heterocycles. The van der Waals surface area contributed by atoms with Gasteiger partial charge in [-0.05, 0) is 30.3 Å². The number of fused-ring (bicyclic) bond motifs is 1. The summed E-state index contributed by atoms with van der Waals surface area (Å²) >= 11 is 6.26. The highest BCUT2D eigenvalue weighted by Gasteiger charge is 2.40. The number of rotatable bonds is 3. The molecule has 2 amide bonds. The van der Waals surface area contributed by atoms with E-state index in [2.05, 4.69) is 4.98 Å². The van der Waals surface area contributed by atoms with Gasteiger partial charge in [0.2, 0.25) is 0 Å². The number of ether oxygens (including phenoxy) is 1. The van der Waals surface area contributed by atoms with Crippen molar-refractivity contribution in [3.63, 3.8) is 0 Å². The highest BCUT2D eigenvalue weighted by atomic mass is 35.5. The number of aromatic nitrogens is 1. The molecule has 0 saturated heterocycles. The van der Waals surface area contributed by atoms with Crippen LogP contribution in [0.4, 0.5) is 5.69 Å². The van der Waals surface area contributed by atoms with Crippen LogP contribution in [0.3, 0.4) is 0 Å². The SMILES string of the molecule is COc1ccc2[nH]cc(C3=C(Cl)C(=O)N(c4ccccc4)C3=O)c2c1. The van der Waals surface area contributed by atoms with Gasteiger partial charge in [-0.2, -0.15) is 0 Å². The lowest BCUT2D eigenvalue weighted by atomic mass is 10.0. The second-order valence-corrected chi connectivity index (χ2v) is 5.96. The maximum atomic E-state index is 12.9. The van der Waals surface area contributed by atoms with Crippen molar-refractivity contribution in [2.24, 2.45) is 0 Å². The van der Waals surface area contributed by atoms with Crippen LogP contribution in [-0.2, 0) is 9.59 Å². The van der Waals surface area contributed by atoms with Crippen molar-refractivity contribution in [2.75, 3.05) is 12.0 Å². The van der Waals surface area contributed by atoms with Crippen molar-refractivity contribution < 1.29 is 14.3 Å². The molecule has 0 aliphatic carbocycles. The molecule has 25 heavy (non-hydrogen) atoms. The molecule has 4 rings (SSSR count). The average Bonchev–Trinajstić information content (AvgIpc) is 3.14. The van der Waals surface area contributed by atoms with E-state index < -0.39 is 11.8 Å². The van der Waals surface area contributed by atoms with E-state index >= 15 is 0 Å². The number of nitrogens with one attached hydrogen (secondary N) is 1. The van der Waals surface area contributed by atoms with E-state index in [-0.39, 0.29) is 10.6 Å². The van der Waals surface area contributed by atoms with Gasteiger partial charge < -0.3 is 9.72 Å². The third-order valence-electron chi connectivity index (χ3n) is 4.20. The molecule has 2 heterocycles. The third kappa shape index (κ3) is 2.32. The summed E-state index contributed by atoms with van der Waals surface area (Å²) in [5.74, 6) is -0.309. The molecule has 1 aliphatic rings. The van der Waals surface area contributed by atoms with Crippen LogP contribution in [0.1, 0.15) is 5.56 Å². The number of nitrogens with zero attached hydrogens (tertiary/aromatic N) is 1. The van der Waals surface area contributed by atoms with Crippen molar-refractivity contribution in [1.82, 2.24) is 4.98 Å². The number of halogens is 1. The van der Waals surface area contributed by atoms with E-state index in [0.717, 1.165) is 15.8 Å². The first-order valence-corrected chi connectivity index (χ1v) is 7.98. The third-order valence-corrected chi connectivity index (χ3v) is 4.55. The summed E-state index contributed by atoms with van der Waals surface area (Å²) in [6.45, 7) is 0. The summed E-state index contributed by atoms with van der Waals surface area (Å²) in [4.78, 5) is 29.7. The van der Waals surface area contributed by atoms with Crippen LogP contribution in [0, 0.1) is 0 Å². The van der Waals surface area contributed by atoms with Crippen LogP contribution in [-0.4, -0.2) is 23.9 Å². The number of imide groups is 1. The van der Waals surface area contributed by atoms with Crippen LogP contribution in [0.15, 0.2) is 59.8 Å². The predicted octanol–water partition coefficient (Wildman–Crippen LogP) is 3.70. The van der Waals surface area contributed by atoms with Gasteiger partial charge in [0.15, 0.2) is 0 Å². The Bertz CT molecular complexity index is 1040. The minimum absolute atomic E-state index is 0.0856. The Morgan fingerprint density at radius 3 is 2.52 bits per heavy atom. The lowest BCUT2D eigenvalue weighted by Crippen LogP contribution is -2.31. The molecule has 0 spiro atoms. The molecule has 0 radical (unpaired) electrons. The molecule has 3 aromatic rings. The molecule has 124 valence electrons. The van der Waals surface area contributed by atoms with Gasteiger partial charge in [-0.15, -0.1) is 0 Å². The van der Waals surface area contributed by atoms with Crippen LogP contribution in [0.2, 0.25) is 0 Å². The number of hydrogen-bond donors (Lipinski definition) is 1. The Hall–Kier alpha value is -3.05. The molecule has 0 saturated carbocycles. The Morgan fingerprint density at radius 2 is 1.80 bits per heavy atom. The van der Waals surface area contributed by atoms with Crippen molar-refractivity contribution in [3.05, 3.63) is 65.3 Å². The summed E-state index contributed by atoms with van der Waals surface area (Å²) in [7, 11) is 1.57. The highest BCUT2D eigenvalue weighted by Crippen LogP contribution is 2.38. The first kappa shape index (κ1) is 15.5. The highest BCUT2D eigenvalue weighted by molar-refractivity contribution is 6.60. The number of carbonyl (C=O) groups excluding carboxylic acids is 2. The summed E-state index contributed by atoms with van der Waals surface area (Å²) in [5.41, 5.74) is 2.08. The van der Waals surface area contributed by atoms with Gasteiger partial charge in [-0.1, -0.05) is 29.8 Å². The standard InChI is InChI=1S/C19H13ClN2O3/c1-25-12-7-8-15-13(9-12)14(10-21-15)16-17(20)19(24)22(18(16)23)11-5-3-2-4-6-11/h2-10,21H,1H3. The minimum Gasteiger partial charge on any atom is -0.497 e. The summed E-state index contributed by atoms with van der Waals surface area (Å²) in [5, 5.41) is 0.682. The predicted molar refractivity (Wildman–Crippen MR) is 96.6 cm³/mol. The molecular formula is C19H13ClN2O3. The average molecular weight is 353 g/mol. The van der Waals surface area contributed by atoms with E-state index in [9.17, 15) is 9.59 Å². The first-order chi connectivity index (χ1) is 12.1. The summed E-state index contributed by atoms with van der Waals surface area (Å²) in [6, 6.07) is 14.2. The van der Waals surface area contributed by atoms with Gasteiger partial charge in [0.25, 0.3) is 11.8 Å². The van der Waals surface area contributed by atoms with Gasteiger partial charge in [0.1, 0.15) is 10.8 Å². The molecule has 1 aliphatic heterocycles. The van der Waals surface area contributed by atoms with Crippen LogP contribution in [0.5, 0.6) is 5.75 Å². The van der Waals surface area contributed by atoms with Gasteiger partial charge in [0.05, 0.1) is 18.4 Å². The summed E-state index contributed by atoms with van der Waals surface area (Å²) in [6.07, 6.45) is 1.68. The molecule has 6 heteroatoms. The fraction of sp³-hybridized carbons (Fsp3) is 0.0526. The van der Waals surface area contributed by atoms with Crippen molar-refractivity contribution in [2.45, 2.75) is 0 Å². The number of aromatic amines is 1. The largest absolute Gasteiger partial charge is 0.497 e. The van der Waals surface area contributed by atoms with Gasteiger partial charge in [0, 0.05) is 22.7 Å². The Labute approximate surface area is 148 Å². The maximum Gasteiger partial charge on any atom is 0.277 e. The summed E-state index contributed by atoms with van der Waals surface area (Å²) < 4.78 is 5.25. The van der Waals surface area contributed by atoms with Crippen LogP contribution < -0.4 is 9.64 Å². The first-order valence-electron chi connectivity index (χ1n) is 7.61. The zero-order valence-corrected chi connectivity index (χ0v) is 14.0. The lowest BCUT2D eigenvalue weighted by Gasteiger charge is -2.14. The van der Waals surface area contributed by atoms with E-state index in [1.807, 2.05) is 18.2 Å². The molecule has 1 N–H and O–H groups in total.